The molecule has 0 N–H and O–H groups in total. The average Bonchev–Trinajstić information content (AvgIpc) is 2.85. The van der Waals surface area contributed by atoms with Crippen LogP contribution in [0.1, 0.15) is 51.5 Å². The maximum Gasteiger partial charge on any atom is 0.262 e. The van der Waals surface area contributed by atoms with Crippen molar-refractivity contribution in [2.45, 2.75) is 51.0 Å². The van der Waals surface area contributed by atoms with Crippen LogP contribution in [0.3, 0.4) is 0 Å². The number of carbonyl (C=O) groups excluding carboxylic acids is 1. The number of carbonyl (C=O) groups is 1. The lowest BCUT2D eigenvalue weighted by atomic mass is 9.75. The van der Waals surface area contributed by atoms with Gasteiger partial charge in [0, 0.05) is 12.3 Å². The van der Waals surface area contributed by atoms with Crippen molar-refractivity contribution in [1.82, 2.24) is 0 Å². The van der Waals surface area contributed by atoms with Gasteiger partial charge in [-0.25, -0.2) is 0 Å². The quantitative estimate of drug-likeness (QED) is 0.355. The molecule has 0 radical (unpaired) electrons. The minimum absolute atomic E-state index is 0.0476. The van der Waals surface area contributed by atoms with Gasteiger partial charge >= 0.3 is 0 Å². The number of hydrogen-bond acceptors (Lipinski definition) is 2. The third kappa shape index (κ3) is 4.94. The van der Waals surface area contributed by atoms with E-state index in [-0.39, 0.29) is 16.9 Å². The summed E-state index contributed by atoms with van der Waals surface area (Å²) in [5, 5.41) is 2.43. The van der Waals surface area contributed by atoms with Gasteiger partial charge in [0.15, 0.2) is 0 Å². The zero-order valence-electron chi connectivity index (χ0n) is 20.5. The van der Waals surface area contributed by atoms with E-state index in [1.54, 1.807) is 0 Å². The highest BCUT2D eigenvalue weighted by Gasteiger charge is 2.50. The Balaban J connectivity index is 1.64. The summed E-state index contributed by atoms with van der Waals surface area (Å²) < 4.78 is 6.91. The molecule has 0 amide bonds. The Hall–Kier alpha value is -2.93. The molecule has 0 heterocycles. The number of ketones is 1. The average molecular weight is 467 g/mol. The third-order valence-electron chi connectivity index (χ3n) is 6.91. The van der Waals surface area contributed by atoms with Gasteiger partial charge in [-0.1, -0.05) is 124 Å². The Morgan fingerprint density at radius 1 is 0.853 bits per heavy atom. The molecule has 1 aliphatic rings. The minimum atomic E-state index is -2.60. The molecule has 2 atom stereocenters. The van der Waals surface area contributed by atoms with Crippen LogP contribution in [-0.4, -0.2) is 20.7 Å². The Morgan fingerprint density at radius 2 is 1.38 bits per heavy atom. The molecule has 4 rings (SSSR count). The highest BCUT2D eigenvalue weighted by atomic mass is 28.4. The molecule has 3 heteroatoms. The minimum Gasteiger partial charge on any atom is -0.396 e. The fraction of sp³-hybridized carbons (Fsp3) is 0.323. The number of Topliss-reactive ketones (excluding diaryl/α,β-unsaturated/α-hetero) is 1. The molecule has 2 nitrogen and oxygen atoms in total. The fourth-order valence-electron chi connectivity index (χ4n) is 5.36. The van der Waals surface area contributed by atoms with E-state index in [1.807, 2.05) is 18.2 Å². The standard InChI is InChI=1S/C31H34O2Si/c1-31(2,3)34(27-19-9-5-10-20-27,28-21-11-6-12-22-28)33-24-14-18-26-17-13-23-29(32)30(26)25-15-7-4-8-16-25/h4-12,15-16,19-22,26,30H,13,17,23-24H2,1-3H3. The lowest BCUT2D eigenvalue weighted by molar-refractivity contribution is -0.122. The molecule has 0 spiro atoms. The molecule has 34 heavy (non-hydrogen) atoms. The molecule has 0 aromatic heterocycles. The second kappa shape index (κ2) is 10.6. The number of hydrogen-bond donors (Lipinski definition) is 0. The molecular weight excluding hydrogens is 432 g/mol. The van der Waals surface area contributed by atoms with Crippen LogP contribution in [-0.2, 0) is 9.22 Å². The van der Waals surface area contributed by atoms with Crippen molar-refractivity contribution in [2.75, 3.05) is 6.61 Å². The van der Waals surface area contributed by atoms with Gasteiger partial charge in [0.1, 0.15) is 5.78 Å². The SMILES string of the molecule is CC(C)(C)[Si](OCC#CC1CCCC(=O)C1c1ccccc1)(c1ccccc1)c1ccccc1. The highest BCUT2D eigenvalue weighted by Crippen LogP contribution is 2.37. The monoisotopic (exact) mass is 466 g/mol. The second-order valence-electron chi connectivity index (χ2n) is 10.1. The maximum atomic E-state index is 12.8. The van der Waals surface area contributed by atoms with Crippen molar-refractivity contribution < 1.29 is 9.22 Å². The van der Waals surface area contributed by atoms with Gasteiger partial charge in [-0.2, -0.15) is 0 Å². The molecule has 1 fully saturated rings. The molecular formula is C31H34O2Si. The summed E-state index contributed by atoms with van der Waals surface area (Å²) in [5.41, 5.74) is 1.08. The van der Waals surface area contributed by atoms with E-state index < -0.39 is 8.32 Å². The van der Waals surface area contributed by atoms with E-state index >= 15 is 0 Å². The summed E-state index contributed by atoms with van der Waals surface area (Å²) in [5.74, 6) is 7.03. The van der Waals surface area contributed by atoms with Gasteiger partial charge in [-0.3, -0.25) is 4.79 Å². The molecule has 0 saturated heterocycles. The van der Waals surface area contributed by atoms with Crippen LogP contribution < -0.4 is 10.4 Å². The molecule has 2 unspecified atom stereocenters. The first-order valence-corrected chi connectivity index (χ1v) is 14.2. The lowest BCUT2D eigenvalue weighted by Crippen LogP contribution is -2.66. The Morgan fingerprint density at radius 3 is 1.91 bits per heavy atom. The zero-order chi connectivity index (χ0) is 24.0. The predicted octanol–water partition coefficient (Wildman–Crippen LogP) is 5.72. The number of rotatable bonds is 5. The summed E-state index contributed by atoms with van der Waals surface area (Å²) in [6.07, 6.45) is 2.52. The first kappa shape index (κ1) is 24.2. The second-order valence-corrected chi connectivity index (χ2v) is 14.4. The number of benzene rings is 3. The molecule has 0 aliphatic heterocycles. The van der Waals surface area contributed by atoms with Crippen LogP contribution in [0.15, 0.2) is 91.0 Å². The van der Waals surface area contributed by atoms with E-state index in [9.17, 15) is 4.79 Å². The van der Waals surface area contributed by atoms with E-state index in [1.165, 1.54) is 10.4 Å². The Labute approximate surface area is 205 Å². The summed E-state index contributed by atoms with van der Waals surface area (Å²) in [6.45, 7) is 7.19. The van der Waals surface area contributed by atoms with E-state index in [4.69, 9.17) is 4.43 Å². The third-order valence-corrected chi connectivity index (χ3v) is 11.9. The molecule has 1 saturated carbocycles. The molecule has 0 bridgehead atoms. The van der Waals surface area contributed by atoms with E-state index in [0.717, 1.165) is 18.4 Å². The van der Waals surface area contributed by atoms with Crippen LogP contribution in [0.5, 0.6) is 0 Å². The van der Waals surface area contributed by atoms with Gasteiger partial charge in [0.2, 0.25) is 0 Å². The summed E-state index contributed by atoms with van der Waals surface area (Å²) >= 11 is 0. The van der Waals surface area contributed by atoms with Gasteiger partial charge in [-0.05, 0) is 33.8 Å². The van der Waals surface area contributed by atoms with Crippen molar-refractivity contribution >= 4 is 24.5 Å². The summed E-state index contributed by atoms with van der Waals surface area (Å²) in [4.78, 5) is 12.8. The Kier molecular flexibility index (Phi) is 7.51. The van der Waals surface area contributed by atoms with Crippen molar-refractivity contribution in [2.24, 2.45) is 5.92 Å². The molecule has 1 aliphatic carbocycles. The smallest absolute Gasteiger partial charge is 0.262 e. The molecule has 3 aromatic rings. The van der Waals surface area contributed by atoms with Crippen LogP contribution in [0.4, 0.5) is 0 Å². The van der Waals surface area contributed by atoms with Crippen molar-refractivity contribution in [3.05, 3.63) is 96.6 Å². The van der Waals surface area contributed by atoms with Gasteiger partial charge in [0.25, 0.3) is 8.32 Å². The van der Waals surface area contributed by atoms with E-state index in [2.05, 4.69) is 105 Å². The maximum absolute atomic E-state index is 12.8. The molecule has 3 aromatic carbocycles. The largest absolute Gasteiger partial charge is 0.396 e. The van der Waals surface area contributed by atoms with E-state index in [0.29, 0.717) is 18.8 Å². The van der Waals surface area contributed by atoms with Crippen molar-refractivity contribution in [3.63, 3.8) is 0 Å². The zero-order valence-corrected chi connectivity index (χ0v) is 21.5. The highest BCUT2D eigenvalue weighted by molar-refractivity contribution is 6.99. The fourth-order valence-corrected chi connectivity index (χ4v) is 9.80. The van der Waals surface area contributed by atoms with Crippen molar-refractivity contribution in [1.29, 1.82) is 0 Å². The first-order valence-electron chi connectivity index (χ1n) is 12.2. The predicted molar refractivity (Wildman–Crippen MR) is 143 cm³/mol. The van der Waals surface area contributed by atoms with Gasteiger partial charge in [-0.15, -0.1) is 0 Å². The first-order chi connectivity index (χ1) is 16.4. The Bertz CT molecular complexity index is 1100. The van der Waals surface area contributed by atoms with Crippen LogP contribution in [0, 0.1) is 17.8 Å². The summed E-state index contributed by atoms with van der Waals surface area (Å²) in [7, 11) is -2.60. The van der Waals surface area contributed by atoms with Crippen molar-refractivity contribution in [3.8, 4) is 11.8 Å². The topological polar surface area (TPSA) is 26.3 Å². The molecule has 174 valence electrons. The summed E-state index contributed by atoms with van der Waals surface area (Å²) in [6, 6.07) is 31.4. The van der Waals surface area contributed by atoms with Gasteiger partial charge in [0.05, 0.1) is 12.5 Å². The van der Waals surface area contributed by atoms with Crippen LogP contribution in [0.25, 0.3) is 0 Å². The van der Waals surface area contributed by atoms with Gasteiger partial charge < -0.3 is 4.43 Å². The normalized spacial score (nSPS) is 18.7. The van der Waals surface area contributed by atoms with Crippen LogP contribution >= 0.6 is 0 Å². The lowest BCUT2D eigenvalue weighted by Gasteiger charge is -2.42. The van der Waals surface area contributed by atoms with Crippen LogP contribution in [0.2, 0.25) is 5.04 Å².